The quantitative estimate of drug-likeness (QED) is 0.608. The molecule has 0 aliphatic rings. The van der Waals surface area contributed by atoms with Gasteiger partial charge in [-0.05, 0) is 17.7 Å². The summed E-state index contributed by atoms with van der Waals surface area (Å²) in [6, 6.07) is 14.7. The maximum Gasteiger partial charge on any atom is 0.416 e. The molecule has 1 aromatic heterocycles. The number of benzene rings is 2. The van der Waals surface area contributed by atoms with Crippen molar-refractivity contribution in [2.45, 2.75) is 6.18 Å². The van der Waals surface area contributed by atoms with Crippen molar-refractivity contribution in [3.05, 3.63) is 75.9 Å². The van der Waals surface area contributed by atoms with Crippen molar-refractivity contribution in [2.24, 2.45) is 10.1 Å². The summed E-state index contributed by atoms with van der Waals surface area (Å²) in [7, 11) is 1.65. The number of hydrogen-bond donors (Lipinski definition) is 0. The zero-order valence-corrected chi connectivity index (χ0v) is 14.1. The average Bonchev–Trinajstić information content (AvgIpc) is 3.03. The van der Waals surface area contributed by atoms with E-state index in [9.17, 15) is 13.2 Å². The fourth-order valence-electron chi connectivity index (χ4n) is 2.29. The van der Waals surface area contributed by atoms with E-state index in [2.05, 4.69) is 10.1 Å². The van der Waals surface area contributed by atoms with E-state index in [0.717, 1.165) is 23.4 Å². The lowest BCUT2D eigenvalue weighted by Crippen LogP contribution is -2.11. The van der Waals surface area contributed by atoms with Gasteiger partial charge in [-0.2, -0.15) is 18.3 Å². The molecule has 0 N–H and O–H groups in total. The minimum atomic E-state index is -4.38. The fraction of sp³-hybridized carbons (Fsp3) is 0.111. The van der Waals surface area contributed by atoms with Crippen LogP contribution in [0.25, 0.3) is 11.3 Å². The molecule has 0 unspecified atom stereocenters. The molecule has 0 saturated carbocycles. The summed E-state index contributed by atoms with van der Waals surface area (Å²) in [6.45, 7) is 0. The fourth-order valence-corrected chi connectivity index (χ4v) is 3.09. The van der Waals surface area contributed by atoms with Crippen molar-refractivity contribution in [1.82, 2.24) is 4.68 Å². The van der Waals surface area contributed by atoms with E-state index in [0.29, 0.717) is 10.4 Å². The third-order valence-electron chi connectivity index (χ3n) is 3.48. The standard InChI is InChI=1S/C18H14F3N3S/c1-22-17-24(16(12-25-17)14-7-3-2-4-8-14)23-11-13-6-5-9-15(10-13)18(19,20)21/h2-12H,1H3/b22-17?,23-11-. The summed E-state index contributed by atoms with van der Waals surface area (Å²) in [4.78, 5) is 4.83. The van der Waals surface area contributed by atoms with Crippen molar-refractivity contribution in [2.75, 3.05) is 7.05 Å². The van der Waals surface area contributed by atoms with Crippen LogP contribution in [0.2, 0.25) is 0 Å². The molecule has 7 heteroatoms. The molecule has 128 valence electrons. The zero-order chi connectivity index (χ0) is 17.9. The smallest absolute Gasteiger partial charge is 0.261 e. The molecule has 0 spiro atoms. The van der Waals surface area contributed by atoms with Crippen LogP contribution in [0, 0.1) is 0 Å². The SMILES string of the molecule is CN=c1scc(-c2ccccc2)n1/N=C\c1cccc(C(F)(F)F)c1. The van der Waals surface area contributed by atoms with Crippen LogP contribution in [0.5, 0.6) is 0 Å². The molecule has 0 aliphatic heterocycles. The highest BCUT2D eigenvalue weighted by Gasteiger charge is 2.30. The molecule has 0 bridgehead atoms. The Balaban J connectivity index is 2.01. The molecule has 0 radical (unpaired) electrons. The van der Waals surface area contributed by atoms with E-state index >= 15 is 0 Å². The monoisotopic (exact) mass is 361 g/mol. The summed E-state index contributed by atoms with van der Waals surface area (Å²) >= 11 is 1.42. The molecular formula is C18H14F3N3S. The Kier molecular flexibility index (Phi) is 4.85. The Morgan fingerprint density at radius 3 is 2.48 bits per heavy atom. The second-order valence-corrected chi connectivity index (χ2v) is 6.01. The normalized spacial score (nSPS) is 12.9. The van der Waals surface area contributed by atoms with Gasteiger partial charge < -0.3 is 0 Å². The first-order chi connectivity index (χ1) is 12.0. The minimum absolute atomic E-state index is 0.370. The molecule has 1 heterocycles. The summed E-state index contributed by atoms with van der Waals surface area (Å²) < 4.78 is 40.1. The summed E-state index contributed by atoms with van der Waals surface area (Å²) in [5.74, 6) is 0. The Labute approximate surface area is 146 Å². The first-order valence-electron chi connectivity index (χ1n) is 7.39. The van der Waals surface area contributed by atoms with E-state index in [4.69, 9.17) is 0 Å². The Bertz CT molecular complexity index is 953. The van der Waals surface area contributed by atoms with Gasteiger partial charge in [-0.15, -0.1) is 11.3 Å². The van der Waals surface area contributed by atoms with Gasteiger partial charge in [-0.25, -0.2) is 4.68 Å². The number of halogens is 3. The van der Waals surface area contributed by atoms with Crippen LogP contribution < -0.4 is 4.80 Å². The molecule has 2 aromatic carbocycles. The lowest BCUT2D eigenvalue weighted by atomic mass is 10.1. The molecule has 0 aliphatic carbocycles. The highest BCUT2D eigenvalue weighted by Crippen LogP contribution is 2.29. The molecule has 0 saturated heterocycles. The van der Waals surface area contributed by atoms with Crippen molar-refractivity contribution >= 4 is 17.6 Å². The predicted molar refractivity (Wildman–Crippen MR) is 93.7 cm³/mol. The van der Waals surface area contributed by atoms with Crippen molar-refractivity contribution in [3.63, 3.8) is 0 Å². The third kappa shape index (κ3) is 3.88. The van der Waals surface area contributed by atoms with Crippen LogP contribution in [0.1, 0.15) is 11.1 Å². The van der Waals surface area contributed by atoms with Crippen molar-refractivity contribution in [3.8, 4) is 11.3 Å². The Morgan fingerprint density at radius 2 is 1.80 bits per heavy atom. The van der Waals surface area contributed by atoms with Gasteiger partial charge in [0.25, 0.3) is 0 Å². The van der Waals surface area contributed by atoms with E-state index in [-0.39, 0.29) is 0 Å². The molecule has 0 fully saturated rings. The molecule has 25 heavy (non-hydrogen) atoms. The topological polar surface area (TPSA) is 29.6 Å². The van der Waals surface area contributed by atoms with E-state index in [1.807, 2.05) is 35.7 Å². The maximum absolute atomic E-state index is 12.8. The molecule has 3 nitrogen and oxygen atoms in total. The third-order valence-corrected chi connectivity index (χ3v) is 4.39. The van der Waals surface area contributed by atoms with Crippen LogP contribution in [-0.4, -0.2) is 17.9 Å². The van der Waals surface area contributed by atoms with Crippen LogP contribution in [0.4, 0.5) is 13.2 Å². The lowest BCUT2D eigenvalue weighted by Gasteiger charge is -2.07. The molecule has 0 amide bonds. The number of nitrogens with zero attached hydrogens (tertiary/aromatic N) is 3. The summed E-state index contributed by atoms with van der Waals surface area (Å²) in [5.41, 5.74) is 1.45. The van der Waals surface area contributed by atoms with E-state index < -0.39 is 11.7 Å². The minimum Gasteiger partial charge on any atom is -0.261 e. The molecular weight excluding hydrogens is 347 g/mol. The van der Waals surface area contributed by atoms with Crippen LogP contribution in [-0.2, 0) is 6.18 Å². The number of aromatic nitrogens is 1. The second-order valence-electron chi connectivity index (χ2n) is 5.17. The van der Waals surface area contributed by atoms with Gasteiger partial charge in [-0.3, -0.25) is 4.99 Å². The lowest BCUT2D eigenvalue weighted by molar-refractivity contribution is -0.137. The number of thiazole rings is 1. The van der Waals surface area contributed by atoms with E-state index in [1.54, 1.807) is 17.8 Å². The van der Waals surface area contributed by atoms with Crippen LogP contribution in [0.15, 0.2) is 70.1 Å². The molecule has 3 rings (SSSR count). The van der Waals surface area contributed by atoms with Gasteiger partial charge in [0.15, 0.2) is 0 Å². The largest absolute Gasteiger partial charge is 0.416 e. The number of rotatable bonds is 3. The number of alkyl halides is 3. The van der Waals surface area contributed by atoms with Gasteiger partial charge in [0.1, 0.15) is 0 Å². The summed E-state index contributed by atoms with van der Waals surface area (Å²) in [5, 5.41) is 6.27. The van der Waals surface area contributed by atoms with Gasteiger partial charge in [-0.1, -0.05) is 42.5 Å². The van der Waals surface area contributed by atoms with Crippen LogP contribution in [0.3, 0.4) is 0 Å². The van der Waals surface area contributed by atoms with Gasteiger partial charge >= 0.3 is 6.18 Å². The number of hydrogen-bond acceptors (Lipinski definition) is 3. The second kappa shape index (κ2) is 7.06. The highest BCUT2D eigenvalue weighted by atomic mass is 32.1. The first kappa shape index (κ1) is 17.2. The maximum atomic E-state index is 12.8. The molecule has 0 atom stereocenters. The highest BCUT2D eigenvalue weighted by molar-refractivity contribution is 7.07. The molecule has 3 aromatic rings. The van der Waals surface area contributed by atoms with Gasteiger partial charge in [0.2, 0.25) is 4.80 Å². The van der Waals surface area contributed by atoms with Crippen LogP contribution >= 0.6 is 11.3 Å². The predicted octanol–water partition coefficient (Wildman–Crippen LogP) is 4.65. The van der Waals surface area contributed by atoms with Crippen molar-refractivity contribution < 1.29 is 13.2 Å². The zero-order valence-electron chi connectivity index (χ0n) is 13.2. The Hall–Kier alpha value is -2.67. The van der Waals surface area contributed by atoms with Crippen molar-refractivity contribution in [1.29, 1.82) is 0 Å². The van der Waals surface area contributed by atoms with Gasteiger partial charge in [0, 0.05) is 18.0 Å². The summed E-state index contributed by atoms with van der Waals surface area (Å²) in [6.07, 6.45) is -2.97. The van der Waals surface area contributed by atoms with E-state index in [1.165, 1.54) is 23.6 Å². The first-order valence-corrected chi connectivity index (χ1v) is 8.27. The average molecular weight is 361 g/mol. The Morgan fingerprint density at radius 1 is 1.04 bits per heavy atom. The van der Waals surface area contributed by atoms with Gasteiger partial charge in [0.05, 0.1) is 17.5 Å².